The topological polar surface area (TPSA) is 115 Å². The largest absolute Gasteiger partial charge is 0.457 e. The zero-order valence-corrected chi connectivity index (χ0v) is 18.8. The third-order valence-electron chi connectivity index (χ3n) is 4.51. The van der Waals surface area contributed by atoms with E-state index in [4.69, 9.17) is 10.1 Å². The highest BCUT2D eigenvalue weighted by Gasteiger charge is 2.35. The Hall–Kier alpha value is -3.20. The number of hydrogen-bond acceptors (Lipinski definition) is 6. The summed E-state index contributed by atoms with van der Waals surface area (Å²) in [7, 11) is 0. The zero-order valence-electron chi connectivity index (χ0n) is 18.8. The second-order valence-electron chi connectivity index (χ2n) is 8.68. The number of aliphatic hydroxyl groups is 1. The third kappa shape index (κ3) is 7.81. The maximum absolute atomic E-state index is 13.9. The molecule has 0 aromatic heterocycles. The van der Waals surface area contributed by atoms with Crippen molar-refractivity contribution in [3.8, 4) is 5.75 Å². The molecule has 2 rings (SSSR count). The van der Waals surface area contributed by atoms with Crippen LogP contribution in [0.25, 0.3) is 0 Å². The molecule has 2 amide bonds. The fraction of sp³-hybridized carbons (Fsp3) is 0.435. The number of nitrogens with zero attached hydrogens (tertiary/aromatic N) is 1. The van der Waals surface area contributed by atoms with Crippen molar-refractivity contribution in [2.75, 3.05) is 13.1 Å². The number of para-hydroxylation sites is 1. The number of benzene rings is 1. The van der Waals surface area contributed by atoms with Gasteiger partial charge < -0.3 is 25.4 Å². The van der Waals surface area contributed by atoms with E-state index in [1.807, 2.05) is 13.8 Å². The van der Waals surface area contributed by atoms with Gasteiger partial charge >= 0.3 is 0 Å². The third-order valence-corrected chi connectivity index (χ3v) is 4.51. The molecule has 174 valence electrons. The fourth-order valence-electron chi connectivity index (χ4n) is 3.04. The van der Waals surface area contributed by atoms with Gasteiger partial charge in [0, 0.05) is 18.8 Å². The Balaban J connectivity index is 2.02. The summed E-state index contributed by atoms with van der Waals surface area (Å²) >= 11 is 0. The van der Waals surface area contributed by atoms with Gasteiger partial charge in [0.05, 0.1) is 12.1 Å². The Bertz CT molecular complexity index is 906. The van der Waals surface area contributed by atoms with Crippen LogP contribution in [0.15, 0.2) is 48.4 Å². The van der Waals surface area contributed by atoms with Crippen LogP contribution in [0.3, 0.4) is 0 Å². The quantitative estimate of drug-likeness (QED) is 0.325. The van der Waals surface area contributed by atoms with Crippen molar-refractivity contribution in [2.45, 2.75) is 45.8 Å². The van der Waals surface area contributed by atoms with Gasteiger partial charge in [-0.05, 0) is 44.4 Å². The Kier molecular flexibility index (Phi) is 8.54. The van der Waals surface area contributed by atoms with Crippen molar-refractivity contribution in [3.05, 3.63) is 54.2 Å². The van der Waals surface area contributed by atoms with Gasteiger partial charge in [-0.1, -0.05) is 26.0 Å². The van der Waals surface area contributed by atoms with E-state index in [1.165, 1.54) is 41.5 Å². The lowest BCUT2D eigenvalue weighted by molar-refractivity contribution is -0.135. The molecule has 8 nitrogen and oxygen atoms in total. The van der Waals surface area contributed by atoms with Gasteiger partial charge in [0.2, 0.25) is 5.91 Å². The van der Waals surface area contributed by atoms with E-state index in [9.17, 15) is 19.1 Å². The van der Waals surface area contributed by atoms with E-state index in [1.54, 1.807) is 19.9 Å². The Labute approximate surface area is 187 Å². The average molecular weight is 447 g/mol. The minimum Gasteiger partial charge on any atom is -0.457 e. The average Bonchev–Trinajstić information content (AvgIpc) is 3.04. The first-order valence-electron chi connectivity index (χ1n) is 10.4. The van der Waals surface area contributed by atoms with Crippen molar-refractivity contribution in [1.29, 1.82) is 5.41 Å². The van der Waals surface area contributed by atoms with Gasteiger partial charge in [-0.2, -0.15) is 0 Å². The predicted octanol–water partition coefficient (Wildman–Crippen LogP) is 2.31. The maximum Gasteiger partial charge on any atom is 0.251 e. The van der Waals surface area contributed by atoms with Crippen LogP contribution in [0.2, 0.25) is 0 Å². The van der Waals surface area contributed by atoms with E-state index in [0.29, 0.717) is 6.42 Å². The molecule has 1 heterocycles. The number of hydrogen-bond donors (Lipinski definition) is 4. The predicted molar refractivity (Wildman–Crippen MR) is 119 cm³/mol. The Morgan fingerprint density at radius 3 is 2.69 bits per heavy atom. The minimum atomic E-state index is -0.913. The molecule has 0 saturated heterocycles. The van der Waals surface area contributed by atoms with Gasteiger partial charge in [-0.15, -0.1) is 0 Å². The number of halogens is 1. The van der Waals surface area contributed by atoms with Crippen LogP contribution in [-0.4, -0.2) is 52.4 Å². The molecule has 1 aliphatic rings. The van der Waals surface area contributed by atoms with Gasteiger partial charge in [0.1, 0.15) is 17.6 Å². The van der Waals surface area contributed by atoms with Gasteiger partial charge in [0.25, 0.3) is 5.91 Å². The summed E-state index contributed by atoms with van der Waals surface area (Å²) in [5.41, 5.74) is -0.913. The van der Waals surface area contributed by atoms with Crippen LogP contribution in [-0.2, 0) is 9.59 Å². The Morgan fingerprint density at radius 2 is 2.06 bits per heavy atom. The summed E-state index contributed by atoms with van der Waals surface area (Å²) in [6.07, 6.45) is 4.44. The molecular formula is C23H31FN4O4. The summed E-state index contributed by atoms with van der Waals surface area (Å²) < 4.78 is 19.4. The molecule has 0 radical (unpaired) electrons. The molecule has 32 heavy (non-hydrogen) atoms. The molecule has 0 spiro atoms. The van der Waals surface area contributed by atoms with E-state index in [0.717, 1.165) is 0 Å². The summed E-state index contributed by atoms with van der Waals surface area (Å²) in [5.74, 6) is -1.26. The van der Waals surface area contributed by atoms with Crippen molar-refractivity contribution < 1.29 is 23.8 Å². The molecule has 0 saturated carbocycles. The summed E-state index contributed by atoms with van der Waals surface area (Å²) in [4.78, 5) is 26.8. The van der Waals surface area contributed by atoms with Crippen molar-refractivity contribution in [2.24, 2.45) is 5.92 Å². The van der Waals surface area contributed by atoms with Crippen molar-refractivity contribution >= 4 is 17.6 Å². The standard InChI is InChI=1S/C23H31FN4O4/c1-15(2)11-18(22(30)27-20(25)9-10-26-14-23(3,4)31)28-13-16(12-21(28)29)32-19-8-6-5-7-17(19)24/h5-10,12,15,18,26,31H,11,13-14H2,1-4H3,(H2,25,27,30)/b10-9-/t18-/m0/s1. The second-order valence-corrected chi connectivity index (χ2v) is 8.68. The maximum atomic E-state index is 13.9. The molecule has 1 aliphatic heterocycles. The molecule has 0 aliphatic carbocycles. The fourth-order valence-corrected chi connectivity index (χ4v) is 3.04. The molecule has 1 atom stereocenters. The lowest BCUT2D eigenvalue weighted by Gasteiger charge is -2.28. The summed E-state index contributed by atoms with van der Waals surface area (Å²) in [6, 6.07) is 5.06. The molecule has 0 unspecified atom stereocenters. The molecular weight excluding hydrogens is 415 g/mol. The SMILES string of the molecule is CC(C)C[C@@H](C(=O)NC(=N)/C=C\NCC(C)(C)O)N1CC(Oc2ccccc2F)=CC1=O. The van der Waals surface area contributed by atoms with Crippen LogP contribution in [0.5, 0.6) is 5.75 Å². The zero-order chi connectivity index (χ0) is 23.9. The smallest absolute Gasteiger partial charge is 0.251 e. The number of ether oxygens (including phenoxy) is 1. The van der Waals surface area contributed by atoms with E-state index in [-0.39, 0.29) is 36.4 Å². The molecule has 1 aromatic rings. The number of rotatable bonds is 10. The first-order valence-corrected chi connectivity index (χ1v) is 10.4. The first kappa shape index (κ1) is 25.1. The molecule has 4 N–H and O–H groups in total. The number of carbonyl (C=O) groups excluding carboxylic acids is 2. The number of amides is 2. The van der Waals surface area contributed by atoms with Gasteiger partial charge in [-0.25, -0.2) is 4.39 Å². The summed E-state index contributed by atoms with van der Waals surface area (Å²) in [5, 5.41) is 23.0. The highest BCUT2D eigenvalue weighted by atomic mass is 19.1. The van der Waals surface area contributed by atoms with E-state index >= 15 is 0 Å². The lowest BCUT2D eigenvalue weighted by atomic mass is 10.0. The molecule has 0 fully saturated rings. The molecule has 1 aromatic carbocycles. The van der Waals surface area contributed by atoms with Crippen LogP contribution in [0.4, 0.5) is 4.39 Å². The van der Waals surface area contributed by atoms with Crippen LogP contribution in [0, 0.1) is 17.1 Å². The van der Waals surface area contributed by atoms with Crippen molar-refractivity contribution in [3.63, 3.8) is 0 Å². The number of nitrogens with one attached hydrogen (secondary N) is 3. The Morgan fingerprint density at radius 1 is 1.38 bits per heavy atom. The van der Waals surface area contributed by atoms with Crippen LogP contribution >= 0.6 is 0 Å². The minimum absolute atomic E-state index is 0.00346. The van der Waals surface area contributed by atoms with Gasteiger partial charge in [0.15, 0.2) is 11.6 Å². The normalized spacial score (nSPS) is 15.2. The highest BCUT2D eigenvalue weighted by molar-refractivity contribution is 6.05. The van der Waals surface area contributed by atoms with Crippen molar-refractivity contribution in [1.82, 2.24) is 15.5 Å². The summed E-state index contributed by atoms with van der Waals surface area (Å²) in [6.45, 7) is 7.44. The van der Waals surface area contributed by atoms with E-state index < -0.39 is 29.3 Å². The van der Waals surface area contributed by atoms with E-state index in [2.05, 4.69) is 10.6 Å². The highest BCUT2D eigenvalue weighted by Crippen LogP contribution is 2.24. The van der Waals surface area contributed by atoms with Gasteiger partial charge in [-0.3, -0.25) is 15.0 Å². The lowest BCUT2D eigenvalue weighted by Crippen LogP contribution is -2.49. The van der Waals surface area contributed by atoms with Crippen LogP contribution in [0.1, 0.15) is 34.1 Å². The number of carbonyl (C=O) groups is 2. The monoisotopic (exact) mass is 446 g/mol. The molecule has 9 heteroatoms. The number of amidine groups is 1. The first-order chi connectivity index (χ1) is 15.0. The molecule has 0 bridgehead atoms. The second kappa shape index (κ2) is 10.9. The van der Waals surface area contributed by atoms with Crippen LogP contribution < -0.4 is 15.4 Å².